The Labute approximate surface area is 115 Å². The number of hydrogen-bond donors (Lipinski definition) is 1. The summed E-state index contributed by atoms with van der Waals surface area (Å²) in [6, 6.07) is 0. The molecule has 0 bridgehead atoms. The predicted molar refractivity (Wildman–Crippen MR) is 66.8 cm³/mol. The molecule has 108 valence electrons. The van der Waals surface area contributed by atoms with Gasteiger partial charge in [0.1, 0.15) is 0 Å². The molecule has 7 heteroatoms. The summed E-state index contributed by atoms with van der Waals surface area (Å²) in [6.07, 6.45) is 2.26. The van der Waals surface area contributed by atoms with E-state index in [1.807, 2.05) is 0 Å². The van der Waals surface area contributed by atoms with E-state index in [2.05, 4.69) is 10.1 Å². The van der Waals surface area contributed by atoms with Gasteiger partial charge < -0.3 is 14.5 Å². The molecule has 1 saturated carbocycles. The highest BCUT2D eigenvalue weighted by molar-refractivity contribution is 5.89. The molecular weight excluding hydrogens is 262 g/mol. The van der Waals surface area contributed by atoms with Gasteiger partial charge in [0.05, 0.1) is 17.8 Å². The molecular formula is C13H17N3O4. The molecule has 2 heterocycles. The Morgan fingerprint density at radius 3 is 2.80 bits per heavy atom. The van der Waals surface area contributed by atoms with Crippen LogP contribution >= 0.6 is 0 Å². The van der Waals surface area contributed by atoms with Crippen LogP contribution < -0.4 is 0 Å². The minimum Gasteiger partial charge on any atom is -0.481 e. The summed E-state index contributed by atoms with van der Waals surface area (Å²) in [5, 5.41) is 12.7. The molecule has 3 rings (SSSR count). The number of carbonyl (C=O) groups is 2. The maximum absolute atomic E-state index is 12.3. The van der Waals surface area contributed by atoms with E-state index in [1.54, 1.807) is 11.8 Å². The Hall–Kier alpha value is -1.92. The van der Waals surface area contributed by atoms with E-state index in [0.29, 0.717) is 31.2 Å². The van der Waals surface area contributed by atoms with E-state index in [1.165, 1.54) is 0 Å². The lowest BCUT2D eigenvalue weighted by Gasteiger charge is -2.31. The van der Waals surface area contributed by atoms with Crippen molar-refractivity contribution < 1.29 is 19.2 Å². The Bertz CT molecular complexity index is 541. The Kier molecular flexibility index (Phi) is 3.19. The standard InChI is InChI=1S/C13H17N3O4/c1-7-14-11(20-15-7)8-3-2-4-16(6-8)12(17)9-5-10(9)13(18)19/h8-10H,2-6H2,1H3,(H,18,19). The van der Waals surface area contributed by atoms with Gasteiger partial charge in [-0.1, -0.05) is 5.16 Å². The van der Waals surface area contributed by atoms with Crippen LogP contribution in [0, 0.1) is 18.8 Å². The van der Waals surface area contributed by atoms with Gasteiger partial charge in [0, 0.05) is 13.1 Å². The molecule has 3 atom stereocenters. The number of rotatable bonds is 3. The first-order valence-corrected chi connectivity index (χ1v) is 6.88. The molecule has 1 aromatic rings. The van der Waals surface area contributed by atoms with Crippen LogP contribution in [0.25, 0.3) is 0 Å². The maximum atomic E-state index is 12.3. The number of aliphatic carboxylic acids is 1. The lowest BCUT2D eigenvalue weighted by Crippen LogP contribution is -2.40. The lowest BCUT2D eigenvalue weighted by molar-refractivity contribution is -0.142. The zero-order valence-corrected chi connectivity index (χ0v) is 11.3. The van der Waals surface area contributed by atoms with Crippen LogP contribution in [0.2, 0.25) is 0 Å². The molecule has 0 spiro atoms. The van der Waals surface area contributed by atoms with Crippen molar-refractivity contribution in [1.29, 1.82) is 0 Å². The normalized spacial score (nSPS) is 29.2. The van der Waals surface area contributed by atoms with Crippen molar-refractivity contribution in [3.8, 4) is 0 Å². The Balaban J connectivity index is 1.64. The van der Waals surface area contributed by atoms with E-state index in [9.17, 15) is 9.59 Å². The summed E-state index contributed by atoms with van der Waals surface area (Å²) >= 11 is 0. The van der Waals surface area contributed by atoms with Gasteiger partial charge in [-0.05, 0) is 26.2 Å². The molecule has 1 saturated heterocycles. The fourth-order valence-corrected chi connectivity index (χ4v) is 2.83. The predicted octanol–water partition coefficient (Wildman–Crippen LogP) is 0.805. The van der Waals surface area contributed by atoms with Gasteiger partial charge in [0.2, 0.25) is 11.8 Å². The number of likely N-dealkylation sites (tertiary alicyclic amines) is 1. The Morgan fingerprint density at radius 1 is 1.40 bits per heavy atom. The molecule has 7 nitrogen and oxygen atoms in total. The van der Waals surface area contributed by atoms with E-state index < -0.39 is 11.9 Å². The topological polar surface area (TPSA) is 96.5 Å². The summed E-state index contributed by atoms with van der Waals surface area (Å²) in [5.74, 6) is -0.509. The summed E-state index contributed by atoms with van der Waals surface area (Å²) in [4.78, 5) is 29.1. The fraction of sp³-hybridized carbons (Fsp3) is 0.692. The van der Waals surface area contributed by atoms with Crippen molar-refractivity contribution in [2.24, 2.45) is 11.8 Å². The van der Waals surface area contributed by atoms with Crippen molar-refractivity contribution in [1.82, 2.24) is 15.0 Å². The maximum Gasteiger partial charge on any atom is 0.307 e. The highest BCUT2D eigenvalue weighted by Crippen LogP contribution is 2.41. The zero-order chi connectivity index (χ0) is 14.3. The van der Waals surface area contributed by atoms with Gasteiger partial charge in [0.15, 0.2) is 5.82 Å². The van der Waals surface area contributed by atoms with Crippen molar-refractivity contribution in [2.45, 2.75) is 32.1 Å². The van der Waals surface area contributed by atoms with E-state index in [0.717, 1.165) is 12.8 Å². The number of aromatic nitrogens is 2. The third kappa shape index (κ3) is 2.39. The number of amides is 1. The number of piperidine rings is 1. The molecule has 2 fully saturated rings. The second-order valence-electron chi connectivity index (χ2n) is 5.59. The number of aryl methyl sites for hydroxylation is 1. The Morgan fingerprint density at radius 2 is 2.20 bits per heavy atom. The minimum atomic E-state index is -0.871. The molecule has 2 aliphatic rings. The van der Waals surface area contributed by atoms with Gasteiger partial charge in [-0.2, -0.15) is 4.98 Å². The van der Waals surface area contributed by atoms with Crippen LogP contribution in [0.5, 0.6) is 0 Å². The average Bonchev–Trinajstić information content (AvgIpc) is 3.13. The molecule has 0 aromatic carbocycles. The largest absolute Gasteiger partial charge is 0.481 e. The van der Waals surface area contributed by atoms with Crippen molar-refractivity contribution in [2.75, 3.05) is 13.1 Å². The quantitative estimate of drug-likeness (QED) is 0.879. The van der Waals surface area contributed by atoms with Crippen LogP contribution in [-0.4, -0.2) is 45.1 Å². The molecule has 1 aromatic heterocycles. The number of carboxylic acids is 1. The van der Waals surface area contributed by atoms with Gasteiger partial charge >= 0.3 is 5.97 Å². The summed E-state index contributed by atoms with van der Waals surface area (Å²) in [6.45, 7) is 3.00. The van der Waals surface area contributed by atoms with Crippen molar-refractivity contribution in [3.05, 3.63) is 11.7 Å². The summed E-state index contributed by atoms with van der Waals surface area (Å²) < 4.78 is 5.17. The fourth-order valence-electron chi connectivity index (χ4n) is 2.83. The van der Waals surface area contributed by atoms with Gasteiger partial charge in [0.25, 0.3) is 0 Å². The number of carboxylic acid groups (broad SMARTS) is 1. The molecule has 1 amide bonds. The van der Waals surface area contributed by atoms with Gasteiger partial charge in [-0.15, -0.1) is 0 Å². The SMILES string of the molecule is Cc1noc(C2CCCN(C(=O)C3CC3C(=O)O)C2)n1. The third-order valence-electron chi connectivity index (χ3n) is 4.05. The number of hydrogen-bond acceptors (Lipinski definition) is 5. The summed E-state index contributed by atoms with van der Waals surface area (Å²) in [7, 11) is 0. The second-order valence-corrected chi connectivity index (χ2v) is 5.59. The molecule has 1 aliphatic heterocycles. The number of nitrogens with zero attached hydrogens (tertiary/aromatic N) is 3. The lowest BCUT2D eigenvalue weighted by atomic mass is 9.97. The second kappa shape index (κ2) is 4.88. The monoisotopic (exact) mass is 279 g/mol. The van der Waals surface area contributed by atoms with Crippen LogP contribution in [0.3, 0.4) is 0 Å². The van der Waals surface area contributed by atoms with Gasteiger partial charge in [-0.3, -0.25) is 9.59 Å². The van der Waals surface area contributed by atoms with Gasteiger partial charge in [-0.25, -0.2) is 0 Å². The molecule has 3 unspecified atom stereocenters. The van der Waals surface area contributed by atoms with E-state index in [-0.39, 0.29) is 17.7 Å². The molecule has 1 N–H and O–H groups in total. The smallest absolute Gasteiger partial charge is 0.307 e. The molecule has 0 radical (unpaired) electrons. The highest BCUT2D eigenvalue weighted by atomic mass is 16.5. The first kappa shape index (κ1) is 13.1. The highest BCUT2D eigenvalue weighted by Gasteiger charge is 2.50. The van der Waals surface area contributed by atoms with Crippen molar-refractivity contribution in [3.63, 3.8) is 0 Å². The first-order chi connectivity index (χ1) is 9.56. The third-order valence-corrected chi connectivity index (χ3v) is 4.05. The minimum absolute atomic E-state index is 0.0432. The zero-order valence-electron chi connectivity index (χ0n) is 11.3. The molecule has 20 heavy (non-hydrogen) atoms. The molecule has 1 aliphatic carbocycles. The number of carbonyl (C=O) groups excluding carboxylic acids is 1. The first-order valence-electron chi connectivity index (χ1n) is 6.88. The van der Waals surface area contributed by atoms with E-state index >= 15 is 0 Å². The van der Waals surface area contributed by atoms with Crippen LogP contribution in [-0.2, 0) is 9.59 Å². The van der Waals surface area contributed by atoms with Crippen LogP contribution in [0.1, 0.15) is 36.9 Å². The summed E-state index contributed by atoms with van der Waals surface area (Å²) in [5.41, 5.74) is 0. The van der Waals surface area contributed by atoms with E-state index in [4.69, 9.17) is 9.63 Å². The van der Waals surface area contributed by atoms with Crippen LogP contribution in [0.15, 0.2) is 4.52 Å². The van der Waals surface area contributed by atoms with Crippen molar-refractivity contribution >= 4 is 11.9 Å². The average molecular weight is 279 g/mol. The van der Waals surface area contributed by atoms with Crippen LogP contribution in [0.4, 0.5) is 0 Å².